The average Bonchev–Trinajstić information content (AvgIpc) is 2.69. The predicted octanol–water partition coefficient (Wildman–Crippen LogP) is 5.25. The maximum Gasteiger partial charge on any atom is 0.225 e. The van der Waals surface area contributed by atoms with E-state index in [1.165, 1.54) is 0 Å². The second-order valence-corrected chi connectivity index (χ2v) is 6.08. The van der Waals surface area contributed by atoms with Crippen LogP contribution in [0.25, 0.3) is 0 Å². The lowest BCUT2D eigenvalue weighted by Gasteiger charge is -2.18. The van der Waals surface area contributed by atoms with Crippen molar-refractivity contribution in [1.29, 1.82) is 0 Å². The Balaban J connectivity index is 1.73. The minimum atomic E-state index is -0.00753. The first-order chi connectivity index (χ1) is 12.8. The van der Waals surface area contributed by atoms with Gasteiger partial charge in [0.25, 0.3) is 0 Å². The lowest BCUT2D eigenvalue weighted by Crippen LogP contribution is -2.16. The zero-order valence-corrected chi connectivity index (χ0v) is 14.9. The fourth-order valence-electron chi connectivity index (χ4n) is 3.00. The molecule has 0 saturated heterocycles. The molecule has 0 heterocycles. The van der Waals surface area contributed by atoms with Gasteiger partial charge in [0.2, 0.25) is 5.91 Å². The second-order valence-electron chi connectivity index (χ2n) is 6.08. The quantitative estimate of drug-likeness (QED) is 0.635. The van der Waals surface area contributed by atoms with Crippen molar-refractivity contribution < 1.29 is 9.53 Å². The highest BCUT2D eigenvalue weighted by Crippen LogP contribution is 2.28. The third kappa shape index (κ3) is 4.73. The Hall–Kier alpha value is -3.07. The lowest BCUT2D eigenvalue weighted by atomic mass is 9.88. The lowest BCUT2D eigenvalue weighted by molar-refractivity contribution is -0.116. The minimum Gasteiger partial charge on any atom is -0.494 e. The van der Waals surface area contributed by atoms with Gasteiger partial charge in [-0.15, -0.1) is 0 Å². The smallest absolute Gasteiger partial charge is 0.225 e. The molecular formula is C23H23NO2. The summed E-state index contributed by atoms with van der Waals surface area (Å²) in [7, 11) is 0. The van der Waals surface area contributed by atoms with Crippen LogP contribution in [0.1, 0.15) is 30.4 Å². The van der Waals surface area contributed by atoms with Gasteiger partial charge < -0.3 is 10.1 Å². The van der Waals surface area contributed by atoms with Crippen molar-refractivity contribution >= 4 is 11.6 Å². The van der Waals surface area contributed by atoms with E-state index >= 15 is 0 Å². The Morgan fingerprint density at radius 3 is 1.88 bits per heavy atom. The van der Waals surface area contributed by atoms with Crippen molar-refractivity contribution in [2.45, 2.75) is 19.3 Å². The summed E-state index contributed by atoms with van der Waals surface area (Å²) >= 11 is 0. The zero-order chi connectivity index (χ0) is 18.2. The van der Waals surface area contributed by atoms with Crippen LogP contribution >= 0.6 is 0 Å². The van der Waals surface area contributed by atoms with Gasteiger partial charge in [0.15, 0.2) is 0 Å². The van der Waals surface area contributed by atoms with Crippen LogP contribution in [0.3, 0.4) is 0 Å². The summed E-state index contributed by atoms with van der Waals surface area (Å²) < 4.78 is 5.43. The Labute approximate surface area is 154 Å². The molecule has 1 amide bonds. The summed E-state index contributed by atoms with van der Waals surface area (Å²) in [6.07, 6.45) is 0.390. The summed E-state index contributed by atoms with van der Waals surface area (Å²) in [5, 5.41) is 2.99. The van der Waals surface area contributed by atoms with Crippen LogP contribution in [0.4, 0.5) is 5.69 Å². The van der Waals surface area contributed by atoms with E-state index in [1.807, 2.05) is 67.6 Å². The van der Waals surface area contributed by atoms with Gasteiger partial charge in [0, 0.05) is 18.0 Å². The van der Waals surface area contributed by atoms with Gasteiger partial charge >= 0.3 is 0 Å². The largest absolute Gasteiger partial charge is 0.494 e. The van der Waals surface area contributed by atoms with Crippen LogP contribution in [0.15, 0.2) is 84.9 Å². The molecule has 0 radical (unpaired) electrons. The van der Waals surface area contributed by atoms with Crippen molar-refractivity contribution in [2.75, 3.05) is 11.9 Å². The molecule has 3 heteroatoms. The van der Waals surface area contributed by atoms with E-state index in [9.17, 15) is 4.79 Å². The topological polar surface area (TPSA) is 38.3 Å². The van der Waals surface area contributed by atoms with E-state index in [4.69, 9.17) is 4.74 Å². The highest BCUT2D eigenvalue weighted by molar-refractivity contribution is 5.91. The molecule has 3 aromatic rings. The maximum atomic E-state index is 12.6. The van der Waals surface area contributed by atoms with Crippen LogP contribution in [-0.2, 0) is 4.79 Å². The van der Waals surface area contributed by atoms with E-state index in [0.717, 1.165) is 22.6 Å². The second kappa shape index (κ2) is 8.86. The molecule has 132 valence electrons. The van der Waals surface area contributed by atoms with Crippen molar-refractivity contribution in [3.8, 4) is 5.75 Å². The van der Waals surface area contributed by atoms with Crippen molar-refractivity contribution in [1.82, 2.24) is 0 Å². The molecule has 0 aliphatic heterocycles. The predicted molar refractivity (Wildman–Crippen MR) is 106 cm³/mol. The Bertz CT molecular complexity index is 774. The number of anilines is 1. The molecule has 0 saturated carbocycles. The Kier molecular flexibility index (Phi) is 6.05. The van der Waals surface area contributed by atoms with Crippen LogP contribution in [0.2, 0.25) is 0 Å². The minimum absolute atomic E-state index is 0.00753. The van der Waals surface area contributed by atoms with Crippen LogP contribution in [0, 0.1) is 0 Å². The molecule has 3 aromatic carbocycles. The standard InChI is InChI=1S/C23H23NO2/c1-2-26-21-15-13-20(14-16-21)24-23(25)17-22(18-9-5-3-6-10-18)19-11-7-4-8-12-19/h3-16,22H,2,17H2,1H3,(H,24,25). The van der Waals surface area contributed by atoms with Gasteiger partial charge in [-0.3, -0.25) is 4.79 Å². The summed E-state index contributed by atoms with van der Waals surface area (Å²) in [6.45, 7) is 2.57. The van der Waals surface area contributed by atoms with Crippen molar-refractivity contribution in [2.24, 2.45) is 0 Å². The molecule has 0 unspecified atom stereocenters. The van der Waals surface area contributed by atoms with E-state index < -0.39 is 0 Å². The van der Waals surface area contributed by atoms with Crippen LogP contribution < -0.4 is 10.1 Å². The number of carbonyl (C=O) groups excluding carboxylic acids is 1. The number of amides is 1. The number of rotatable bonds is 7. The molecule has 26 heavy (non-hydrogen) atoms. The van der Waals surface area contributed by atoms with Crippen LogP contribution in [0.5, 0.6) is 5.75 Å². The first-order valence-corrected chi connectivity index (χ1v) is 8.89. The van der Waals surface area contributed by atoms with E-state index in [0.29, 0.717) is 13.0 Å². The van der Waals surface area contributed by atoms with Gasteiger partial charge in [-0.05, 0) is 42.3 Å². The SMILES string of the molecule is CCOc1ccc(NC(=O)CC(c2ccccc2)c2ccccc2)cc1. The van der Waals surface area contributed by atoms with Crippen LogP contribution in [-0.4, -0.2) is 12.5 Å². The third-order valence-corrected chi connectivity index (χ3v) is 4.24. The molecule has 0 fully saturated rings. The normalized spacial score (nSPS) is 10.5. The molecule has 0 aromatic heterocycles. The van der Waals surface area contributed by atoms with E-state index in [2.05, 4.69) is 29.6 Å². The number of nitrogens with one attached hydrogen (secondary N) is 1. The summed E-state index contributed by atoms with van der Waals surface area (Å²) in [4.78, 5) is 12.6. The molecular weight excluding hydrogens is 322 g/mol. The molecule has 3 nitrogen and oxygen atoms in total. The number of carbonyl (C=O) groups is 1. The summed E-state index contributed by atoms with van der Waals surface area (Å²) in [5.41, 5.74) is 3.06. The molecule has 0 bridgehead atoms. The first-order valence-electron chi connectivity index (χ1n) is 8.89. The molecule has 0 spiro atoms. The highest BCUT2D eigenvalue weighted by Gasteiger charge is 2.18. The van der Waals surface area contributed by atoms with E-state index in [1.54, 1.807) is 0 Å². The Morgan fingerprint density at radius 2 is 1.38 bits per heavy atom. The van der Waals surface area contributed by atoms with Crippen molar-refractivity contribution in [3.05, 3.63) is 96.1 Å². The van der Waals surface area contributed by atoms with Gasteiger partial charge in [-0.25, -0.2) is 0 Å². The fourth-order valence-corrected chi connectivity index (χ4v) is 3.00. The van der Waals surface area contributed by atoms with Gasteiger partial charge in [0.05, 0.1) is 6.61 Å². The molecule has 0 aliphatic rings. The Morgan fingerprint density at radius 1 is 0.846 bits per heavy atom. The third-order valence-electron chi connectivity index (χ3n) is 4.24. The molecule has 3 rings (SSSR count). The number of hydrogen-bond acceptors (Lipinski definition) is 2. The number of hydrogen-bond donors (Lipinski definition) is 1. The van der Waals surface area contributed by atoms with Gasteiger partial charge in [-0.1, -0.05) is 60.7 Å². The molecule has 0 aliphatic carbocycles. The van der Waals surface area contributed by atoms with E-state index in [-0.39, 0.29) is 11.8 Å². The molecule has 0 atom stereocenters. The van der Waals surface area contributed by atoms with Gasteiger partial charge in [0.1, 0.15) is 5.75 Å². The van der Waals surface area contributed by atoms with Gasteiger partial charge in [-0.2, -0.15) is 0 Å². The number of benzene rings is 3. The summed E-state index contributed by atoms with van der Waals surface area (Å²) in [5.74, 6) is 0.823. The zero-order valence-electron chi connectivity index (χ0n) is 14.9. The fraction of sp³-hybridized carbons (Fsp3) is 0.174. The number of ether oxygens (including phenoxy) is 1. The average molecular weight is 345 g/mol. The maximum absolute atomic E-state index is 12.6. The first kappa shape index (κ1) is 17.7. The highest BCUT2D eigenvalue weighted by atomic mass is 16.5. The van der Waals surface area contributed by atoms with Crippen molar-refractivity contribution in [3.63, 3.8) is 0 Å². The summed E-state index contributed by atoms with van der Waals surface area (Å²) in [6, 6.07) is 27.8. The monoisotopic (exact) mass is 345 g/mol. The molecule has 1 N–H and O–H groups in total.